The predicted molar refractivity (Wildman–Crippen MR) is 85.1 cm³/mol. The number of nitro groups is 1. The van der Waals surface area contributed by atoms with Crippen molar-refractivity contribution < 1.29 is 23.2 Å². The quantitative estimate of drug-likeness (QED) is 0.446. The van der Waals surface area contributed by atoms with Crippen molar-refractivity contribution in [2.24, 2.45) is 5.10 Å². The number of benzene rings is 2. The van der Waals surface area contributed by atoms with Crippen LogP contribution in [0.4, 0.5) is 24.5 Å². The number of hydrazone groups is 1. The van der Waals surface area contributed by atoms with E-state index >= 15 is 0 Å². The van der Waals surface area contributed by atoms with E-state index in [-0.39, 0.29) is 11.4 Å². The summed E-state index contributed by atoms with van der Waals surface area (Å²) in [4.78, 5) is 9.99. The molecule has 2 rings (SSSR count). The van der Waals surface area contributed by atoms with E-state index < -0.39 is 22.4 Å². The summed E-state index contributed by atoms with van der Waals surface area (Å²) in [6.45, 7) is 0. The fraction of sp³-hybridized carbons (Fsp3) is 0.0714. The Morgan fingerprint density at radius 1 is 1.25 bits per heavy atom. The van der Waals surface area contributed by atoms with Crippen LogP contribution in [0.5, 0.6) is 5.75 Å². The zero-order valence-corrected chi connectivity index (χ0v) is 13.3. The monoisotopic (exact) mass is 403 g/mol. The van der Waals surface area contributed by atoms with Gasteiger partial charge in [0.1, 0.15) is 11.4 Å². The standard InChI is InChI=1S/C14H9BrF3N3O3/c15-10-2-4-13(22)8(5-10)7-19-20-11-3-1-9(14(16,17)18)6-12(11)21(23)24/h1-7,20,22H/b19-7+. The summed E-state index contributed by atoms with van der Waals surface area (Å²) in [5.41, 5.74) is 0.510. The van der Waals surface area contributed by atoms with Gasteiger partial charge >= 0.3 is 6.18 Å². The van der Waals surface area contributed by atoms with E-state index in [0.717, 1.165) is 6.07 Å². The van der Waals surface area contributed by atoms with E-state index in [1.807, 2.05) is 0 Å². The Hall–Kier alpha value is -2.62. The molecule has 24 heavy (non-hydrogen) atoms. The molecule has 0 unspecified atom stereocenters. The van der Waals surface area contributed by atoms with Crippen molar-refractivity contribution in [1.82, 2.24) is 0 Å². The second-order valence-electron chi connectivity index (χ2n) is 4.56. The number of alkyl halides is 3. The van der Waals surface area contributed by atoms with Gasteiger partial charge in [0.2, 0.25) is 0 Å². The Bertz CT molecular complexity index is 810. The average Bonchev–Trinajstić information content (AvgIpc) is 2.49. The summed E-state index contributed by atoms with van der Waals surface area (Å²) >= 11 is 3.20. The minimum atomic E-state index is -4.69. The number of hydrogen-bond donors (Lipinski definition) is 2. The molecule has 0 heterocycles. The van der Waals surface area contributed by atoms with Crippen molar-refractivity contribution in [2.75, 3.05) is 5.43 Å². The normalized spacial score (nSPS) is 11.7. The Labute approximate surface area is 141 Å². The highest BCUT2D eigenvalue weighted by Crippen LogP contribution is 2.35. The first kappa shape index (κ1) is 17.7. The van der Waals surface area contributed by atoms with Crippen LogP contribution in [-0.2, 0) is 6.18 Å². The number of nitrogens with zero attached hydrogens (tertiary/aromatic N) is 2. The number of aromatic hydroxyl groups is 1. The second-order valence-corrected chi connectivity index (χ2v) is 5.48. The summed E-state index contributed by atoms with van der Waals surface area (Å²) in [5, 5.41) is 24.3. The van der Waals surface area contributed by atoms with Gasteiger partial charge in [-0.05, 0) is 30.3 Å². The highest BCUT2D eigenvalue weighted by Gasteiger charge is 2.33. The summed E-state index contributed by atoms with van der Waals surface area (Å²) in [6.07, 6.45) is -3.50. The first-order chi connectivity index (χ1) is 11.2. The van der Waals surface area contributed by atoms with Gasteiger partial charge in [0.25, 0.3) is 5.69 Å². The first-order valence-corrected chi connectivity index (χ1v) is 7.11. The number of phenols is 1. The van der Waals surface area contributed by atoms with E-state index in [9.17, 15) is 28.4 Å². The third kappa shape index (κ3) is 4.22. The van der Waals surface area contributed by atoms with Gasteiger partial charge in [0, 0.05) is 16.1 Å². The molecule has 0 aliphatic rings. The molecule has 2 N–H and O–H groups in total. The molecule has 0 spiro atoms. The molecule has 0 aromatic heterocycles. The number of nitrogens with one attached hydrogen (secondary N) is 1. The summed E-state index contributed by atoms with van der Waals surface area (Å²) in [6, 6.07) is 6.60. The number of anilines is 1. The van der Waals surface area contributed by atoms with Crippen LogP contribution in [0.3, 0.4) is 0 Å². The third-order valence-electron chi connectivity index (χ3n) is 2.90. The molecule has 0 aliphatic carbocycles. The van der Waals surface area contributed by atoms with E-state index in [2.05, 4.69) is 26.5 Å². The van der Waals surface area contributed by atoms with Crippen LogP contribution in [0.25, 0.3) is 0 Å². The van der Waals surface area contributed by atoms with Crippen LogP contribution >= 0.6 is 15.9 Å². The van der Waals surface area contributed by atoms with Crippen molar-refractivity contribution in [3.8, 4) is 5.75 Å². The number of rotatable bonds is 4. The van der Waals surface area contributed by atoms with E-state index in [1.54, 1.807) is 12.1 Å². The molecular formula is C14H9BrF3N3O3. The maximum atomic E-state index is 12.6. The fourth-order valence-corrected chi connectivity index (χ4v) is 2.13. The van der Waals surface area contributed by atoms with Crippen LogP contribution < -0.4 is 5.43 Å². The highest BCUT2D eigenvalue weighted by atomic mass is 79.9. The lowest BCUT2D eigenvalue weighted by Gasteiger charge is -2.08. The molecule has 2 aromatic rings. The molecule has 0 amide bonds. The minimum absolute atomic E-state index is 0.0781. The molecule has 126 valence electrons. The minimum Gasteiger partial charge on any atom is -0.507 e. The van der Waals surface area contributed by atoms with Crippen molar-refractivity contribution >= 4 is 33.5 Å². The smallest absolute Gasteiger partial charge is 0.416 e. The lowest BCUT2D eigenvalue weighted by Crippen LogP contribution is -2.06. The first-order valence-electron chi connectivity index (χ1n) is 6.31. The average molecular weight is 404 g/mol. The van der Waals surface area contributed by atoms with Gasteiger partial charge in [0.05, 0.1) is 16.7 Å². The SMILES string of the molecule is O=[N+]([O-])c1cc(C(F)(F)F)ccc1N/N=C/c1cc(Br)ccc1O. The van der Waals surface area contributed by atoms with Gasteiger partial charge in [-0.25, -0.2) is 0 Å². The van der Waals surface area contributed by atoms with E-state index in [1.165, 1.54) is 12.3 Å². The van der Waals surface area contributed by atoms with Crippen LogP contribution in [0, 0.1) is 10.1 Å². The number of nitro benzene ring substituents is 1. The largest absolute Gasteiger partial charge is 0.507 e. The Morgan fingerprint density at radius 3 is 2.58 bits per heavy atom. The zero-order chi connectivity index (χ0) is 17.9. The third-order valence-corrected chi connectivity index (χ3v) is 3.39. The summed E-state index contributed by atoms with van der Waals surface area (Å²) < 4.78 is 38.5. The van der Waals surface area contributed by atoms with Gasteiger partial charge in [-0.2, -0.15) is 18.3 Å². The highest BCUT2D eigenvalue weighted by molar-refractivity contribution is 9.10. The maximum absolute atomic E-state index is 12.6. The second kappa shape index (κ2) is 6.87. The van der Waals surface area contributed by atoms with Crippen molar-refractivity contribution in [1.29, 1.82) is 0 Å². The maximum Gasteiger partial charge on any atom is 0.416 e. The molecule has 0 atom stereocenters. The van der Waals surface area contributed by atoms with Gasteiger partial charge < -0.3 is 5.11 Å². The molecule has 0 saturated heterocycles. The topological polar surface area (TPSA) is 87.8 Å². The Kier molecular flexibility index (Phi) is 5.07. The Balaban J connectivity index is 2.28. The molecule has 0 saturated carbocycles. The summed E-state index contributed by atoms with van der Waals surface area (Å²) in [5.74, 6) is -0.0781. The molecule has 6 nitrogen and oxygen atoms in total. The van der Waals surface area contributed by atoms with Crippen LogP contribution in [-0.4, -0.2) is 16.2 Å². The van der Waals surface area contributed by atoms with Crippen molar-refractivity contribution in [3.63, 3.8) is 0 Å². The lowest BCUT2D eigenvalue weighted by molar-refractivity contribution is -0.384. The van der Waals surface area contributed by atoms with Gasteiger partial charge in [-0.1, -0.05) is 15.9 Å². The van der Waals surface area contributed by atoms with Crippen LogP contribution in [0.2, 0.25) is 0 Å². The lowest BCUT2D eigenvalue weighted by atomic mass is 10.1. The molecule has 2 aromatic carbocycles. The summed E-state index contributed by atoms with van der Waals surface area (Å²) in [7, 11) is 0. The molecule has 0 fully saturated rings. The number of hydrogen-bond acceptors (Lipinski definition) is 5. The predicted octanol–water partition coefficient (Wildman–Crippen LogP) is 4.53. The van der Waals surface area contributed by atoms with E-state index in [4.69, 9.17) is 0 Å². The molecule has 10 heteroatoms. The van der Waals surface area contributed by atoms with Gasteiger partial charge in [-0.15, -0.1) is 0 Å². The van der Waals surface area contributed by atoms with Gasteiger partial charge in [-0.3, -0.25) is 15.5 Å². The van der Waals surface area contributed by atoms with Gasteiger partial charge in [0.15, 0.2) is 0 Å². The van der Waals surface area contributed by atoms with Crippen molar-refractivity contribution in [3.05, 3.63) is 62.1 Å². The zero-order valence-electron chi connectivity index (χ0n) is 11.7. The fourth-order valence-electron chi connectivity index (χ4n) is 1.75. The number of halogens is 4. The van der Waals surface area contributed by atoms with Crippen molar-refractivity contribution in [2.45, 2.75) is 6.18 Å². The molecular weight excluding hydrogens is 395 g/mol. The number of phenolic OH excluding ortho intramolecular Hbond substituents is 1. The Morgan fingerprint density at radius 2 is 1.96 bits per heavy atom. The van der Waals surface area contributed by atoms with Crippen LogP contribution in [0.15, 0.2) is 46.0 Å². The molecule has 0 aliphatic heterocycles. The molecule has 0 bridgehead atoms. The van der Waals surface area contributed by atoms with Crippen LogP contribution in [0.1, 0.15) is 11.1 Å². The molecule has 0 radical (unpaired) electrons. The van der Waals surface area contributed by atoms with E-state index in [0.29, 0.717) is 22.2 Å².